The highest BCUT2D eigenvalue weighted by Crippen LogP contribution is 2.43. The molecule has 0 fully saturated rings. The van der Waals surface area contributed by atoms with Crippen LogP contribution < -0.4 is 0 Å². The standard InChI is InChI=1S/C36H22/c1-2-10-24-21-25(20-19-23(24)9-1)34-22-26-11-7-16-31-29-14-5-3-12-27(29)28-13-4-6-15-30(28)32-17-8-18-33(34)36(32)35(26)31/h1-22H. The van der Waals surface area contributed by atoms with Crippen LogP contribution >= 0.6 is 0 Å². The van der Waals surface area contributed by atoms with Gasteiger partial charge in [-0.2, -0.15) is 0 Å². The van der Waals surface area contributed by atoms with Gasteiger partial charge in [0.2, 0.25) is 0 Å². The fourth-order valence-corrected chi connectivity index (χ4v) is 6.20. The quantitative estimate of drug-likeness (QED) is 0.216. The second-order valence-electron chi connectivity index (χ2n) is 9.71. The summed E-state index contributed by atoms with van der Waals surface area (Å²) in [7, 11) is 0. The molecule has 0 aliphatic rings. The lowest BCUT2D eigenvalue weighted by atomic mass is 9.87. The molecule has 8 aromatic rings. The van der Waals surface area contributed by atoms with Crippen molar-refractivity contribution in [3.8, 4) is 11.1 Å². The van der Waals surface area contributed by atoms with Gasteiger partial charge in [0.25, 0.3) is 0 Å². The van der Waals surface area contributed by atoms with Gasteiger partial charge in [-0.05, 0) is 87.9 Å². The molecule has 0 bridgehead atoms. The molecule has 0 spiro atoms. The van der Waals surface area contributed by atoms with Crippen molar-refractivity contribution in [2.45, 2.75) is 0 Å². The van der Waals surface area contributed by atoms with Crippen LogP contribution in [0, 0.1) is 0 Å². The molecule has 0 saturated heterocycles. The lowest BCUT2D eigenvalue weighted by Crippen LogP contribution is -1.89. The highest BCUT2D eigenvalue weighted by molar-refractivity contribution is 6.34. The minimum Gasteiger partial charge on any atom is -0.0616 e. The predicted octanol–water partition coefficient (Wildman–Crippen LogP) is 10.3. The highest BCUT2D eigenvalue weighted by atomic mass is 14.2. The third-order valence-electron chi connectivity index (χ3n) is 7.79. The first-order valence-electron chi connectivity index (χ1n) is 12.5. The molecule has 0 aliphatic carbocycles. The summed E-state index contributed by atoms with van der Waals surface area (Å²) >= 11 is 0. The zero-order chi connectivity index (χ0) is 23.6. The maximum Gasteiger partial charge on any atom is -0.00141 e. The summed E-state index contributed by atoms with van der Waals surface area (Å²) in [6.45, 7) is 0. The molecule has 0 N–H and O–H groups in total. The van der Waals surface area contributed by atoms with Gasteiger partial charge in [-0.15, -0.1) is 0 Å². The third kappa shape index (κ3) is 2.70. The van der Waals surface area contributed by atoms with Gasteiger partial charge in [-0.25, -0.2) is 0 Å². The van der Waals surface area contributed by atoms with Gasteiger partial charge in [0.05, 0.1) is 0 Å². The predicted molar refractivity (Wildman–Crippen MR) is 157 cm³/mol. The molecule has 0 heteroatoms. The van der Waals surface area contributed by atoms with E-state index in [-0.39, 0.29) is 0 Å². The number of hydrogen-bond donors (Lipinski definition) is 0. The molecule has 166 valence electrons. The SMILES string of the molecule is c1ccc2cc(-c3cc4cccc5c6ccccc6c6ccccc6c6cccc3c6c45)ccc2c1. The Hall–Kier alpha value is -4.68. The van der Waals surface area contributed by atoms with Crippen molar-refractivity contribution in [3.63, 3.8) is 0 Å². The molecule has 36 heavy (non-hydrogen) atoms. The summed E-state index contributed by atoms with van der Waals surface area (Å²) in [5.41, 5.74) is 2.54. The van der Waals surface area contributed by atoms with Crippen molar-refractivity contribution in [1.82, 2.24) is 0 Å². The molecule has 0 amide bonds. The van der Waals surface area contributed by atoms with E-state index in [0.29, 0.717) is 0 Å². The lowest BCUT2D eigenvalue weighted by Gasteiger charge is -2.17. The molecular weight excluding hydrogens is 432 g/mol. The Balaban J connectivity index is 1.67. The number of rotatable bonds is 1. The maximum absolute atomic E-state index is 2.39. The van der Waals surface area contributed by atoms with Gasteiger partial charge in [-0.1, -0.05) is 121 Å². The largest absolute Gasteiger partial charge is 0.0616 e. The first-order valence-corrected chi connectivity index (χ1v) is 12.5. The fourth-order valence-electron chi connectivity index (χ4n) is 6.20. The van der Waals surface area contributed by atoms with E-state index in [0.717, 1.165) is 0 Å². The van der Waals surface area contributed by atoms with Gasteiger partial charge in [0.15, 0.2) is 0 Å². The van der Waals surface area contributed by atoms with Crippen molar-refractivity contribution in [3.05, 3.63) is 133 Å². The topological polar surface area (TPSA) is 0 Å². The summed E-state index contributed by atoms with van der Waals surface area (Å²) in [6, 6.07) is 49.2. The summed E-state index contributed by atoms with van der Waals surface area (Å²) in [4.78, 5) is 0. The zero-order valence-electron chi connectivity index (χ0n) is 19.7. The van der Waals surface area contributed by atoms with Gasteiger partial charge < -0.3 is 0 Å². The van der Waals surface area contributed by atoms with Crippen LogP contribution in [-0.2, 0) is 0 Å². The summed E-state index contributed by atoms with van der Waals surface area (Å²) in [5, 5.41) is 15.6. The van der Waals surface area contributed by atoms with E-state index in [1.807, 2.05) is 0 Å². The Morgan fingerprint density at radius 2 is 0.778 bits per heavy atom. The summed E-state index contributed by atoms with van der Waals surface area (Å²) in [6.07, 6.45) is 0. The average molecular weight is 455 g/mol. The van der Waals surface area contributed by atoms with Crippen molar-refractivity contribution < 1.29 is 0 Å². The van der Waals surface area contributed by atoms with Crippen molar-refractivity contribution in [2.75, 3.05) is 0 Å². The maximum atomic E-state index is 2.39. The second kappa shape index (κ2) is 7.41. The van der Waals surface area contributed by atoms with E-state index < -0.39 is 0 Å². The number of hydrogen-bond acceptors (Lipinski definition) is 0. The fraction of sp³-hybridized carbons (Fsp3) is 0. The first-order chi connectivity index (χ1) is 17.9. The minimum absolute atomic E-state index is 1.26. The van der Waals surface area contributed by atoms with E-state index in [1.165, 1.54) is 75.8 Å². The molecule has 0 radical (unpaired) electrons. The molecule has 0 aliphatic heterocycles. The second-order valence-corrected chi connectivity index (χ2v) is 9.71. The molecule has 0 heterocycles. The van der Waals surface area contributed by atoms with Crippen molar-refractivity contribution in [1.29, 1.82) is 0 Å². The molecule has 0 aromatic heterocycles. The van der Waals surface area contributed by atoms with Crippen LogP contribution in [0.15, 0.2) is 133 Å². The van der Waals surface area contributed by atoms with Crippen LogP contribution in [0.3, 0.4) is 0 Å². The Labute approximate surface area is 209 Å². The highest BCUT2D eigenvalue weighted by Gasteiger charge is 2.15. The zero-order valence-corrected chi connectivity index (χ0v) is 19.7. The monoisotopic (exact) mass is 454 g/mol. The summed E-state index contributed by atoms with van der Waals surface area (Å²) < 4.78 is 0. The molecule has 0 saturated carbocycles. The van der Waals surface area contributed by atoms with Crippen molar-refractivity contribution >= 4 is 64.6 Å². The van der Waals surface area contributed by atoms with E-state index >= 15 is 0 Å². The molecule has 0 atom stereocenters. The number of benzene rings is 7. The van der Waals surface area contributed by atoms with Crippen LogP contribution in [0.1, 0.15) is 0 Å². The van der Waals surface area contributed by atoms with E-state index in [2.05, 4.69) is 133 Å². The number of fused-ring (bicyclic) bond motifs is 6. The summed E-state index contributed by atoms with van der Waals surface area (Å²) in [5.74, 6) is 0. The van der Waals surface area contributed by atoms with Crippen molar-refractivity contribution in [2.24, 2.45) is 0 Å². The average Bonchev–Trinajstić information content (AvgIpc) is 2.95. The van der Waals surface area contributed by atoms with Crippen LogP contribution in [0.25, 0.3) is 75.8 Å². The molecule has 8 aromatic carbocycles. The van der Waals surface area contributed by atoms with Crippen LogP contribution in [0.2, 0.25) is 0 Å². The Bertz CT molecular complexity index is 2150. The minimum atomic E-state index is 1.26. The third-order valence-corrected chi connectivity index (χ3v) is 7.79. The van der Waals surface area contributed by atoms with Gasteiger partial charge in [0, 0.05) is 0 Å². The molecular formula is C36H22. The molecule has 8 rings (SSSR count). The van der Waals surface area contributed by atoms with Crippen LogP contribution in [0.4, 0.5) is 0 Å². The normalized spacial score (nSPS) is 11.9. The molecule has 0 nitrogen and oxygen atoms in total. The smallest absolute Gasteiger partial charge is 0.00141 e. The Morgan fingerprint density at radius 1 is 0.278 bits per heavy atom. The van der Waals surface area contributed by atoms with Crippen LogP contribution in [0.5, 0.6) is 0 Å². The Kier molecular flexibility index (Phi) is 4.03. The van der Waals surface area contributed by atoms with E-state index in [1.54, 1.807) is 0 Å². The van der Waals surface area contributed by atoms with Gasteiger partial charge >= 0.3 is 0 Å². The van der Waals surface area contributed by atoms with Gasteiger partial charge in [-0.3, -0.25) is 0 Å². The van der Waals surface area contributed by atoms with E-state index in [4.69, 9.17) is 0 Å². The lowest BCUT2D eigenvalue weighted by molar-refractivity contribution is 1.70. The van der Waals surface area contributed by atoms with Gasteiger partial charge in [0.1, 0.15) is 0 Å². The first kappa shape index (κ1) is 19.6. The molecule has 0 unspecified atom stereocenters. The Morgan fingerprint density at radius 3 is 1.50 bits per heavy atom. The van der Waals surface area contributed by atoms with Crippen LogP contribution in [-0.4, -0.2) is 0 Å². The van der Waals surface area contributed by atoms with E-state index in [9.17, 15) is 0 Å².